The number of methoxy groups -OCH3 is 1. The average molecular weight is 470 g/mol. The summed E-state index contributed by atoms with van der Waals surface area (Å²) in [5.41, 5.74) is 10.6. The number of allylic oxidation sites excluding steroid dienone is 1. The summed E-state index contributed by atoms with van der Waals surface area (Å²) in [5.74, 6) is 0.695. The molecule has 2 N–H and O–H groups in total. The predicted molar refractivity (Wildman–Crippen MR) is 140 cm³/mol. The van der Waals surface area contributed by atoms with Crippen molar-refractivity contribution in [2.75, 3.05) is 18.6 Å². The fraction of sp³-hybridized carbons (Fsp3) is 0.241. The number of hydrogen-bond acceptors (Lipinski definition) is 5. The van der Waals surface area contributed by atoms with Gasteiger partial charge in [0.15, 0.2) is 0 Å². The molecule has 35 heavy (non-hydrogen) atoms. The lowest BCUT2D eigenvalue weighted by molar-refractivity contribution is -0.119. The highest BCUT2D eigenvalue weighted by Gasteiger charge is 2.43. The molecule has 0 spiro atoms. The van der Waals surface area contributed by atoms with E-state index < -0.39 is 0 Å². The van der Waals surface area contributed by atoms with E-state index in [0.29, 0.717) is 24.3 Å². The van der Waals surface area contributed by atoms with Crippen LogP contribution in [-0.2, 0) is 16.1 Å². The molecule has 1 saturated heterocycles. The number of hydrogen-bond donors (Lipinski definition) is 1. The van der Waals surface area contributed by atoms with Gasteiger partial charge in [-0.15, -0.1) is 0 Å². The van der Waals surface area contributed by atoms with Crippen LogP contribution in [0.2, 0.25) is 0 Å². The van der Waals surface area contributed by atoms with Crippen molar-refractivity contribution in [1.29, 1.82) is 0 Å². The van der Waals surface area contributed by atoms with Crippen LogP contribution >= 0.6 is 0 Å². The normalized spacial score (nSPS) is 17.7. The van der Waals surface area contributed by atoms with E-state index >= 15 is 0 Å². The van der Waals surface area contributed by atoms with Gasteiger partial charge in [-0.25, -0.2) is 0 Å². The van der Waals surface area contributed by atoms with Gasteiger partial charge in [0.2, 0.25) is 0 Å². The first-order valence-corrected chi connectivity index (χ1v) is 11.8. The van der Waals surface area contributed by atoms with Crippen LogP contribution in [0.3, 0.4) is 0 Å². The Labute approximate surface area is 206 Å². The minimum atomic E-state index is -0.193. The molecule has 6 nitrogen and oxygen atoms in total. The summed E-state index contributed by atoms with van der Waals surface area (Å²) in [5, 5.41) is 4.21. The van der Waals surface area contributed by atoms with Crippen molar-refractivity contribution in [3.63, 3.8) is 0 Å². The fourth-order valence-electron chi connectivity index (χ4n) is 4.18. The first-order chi connectivity index (χ1) is 17.1. The number of oxime groups is 1. The summed E-state index contributed by atoms with van der Waals surface area (Å²) in [6, 6.07) is 27.5. The fourth-order valence-corrected chi connectivity index (χ4v) is 4.18. The first kappa shape index (κ1) is 24.2. The molecule has 0 aromatic heterocycles. The Bertz CT molecular complexity index is 1170. The third-order valence-corrected chi connectivity index (χ3v) is 5.98. The zero-order chi connectivity index (χ0) is 24.6. The molecule has 2 unspecified atom stereocenters. The number of nitrogens with two attached hydrogens (primary N) is 1. The summed E-state index contributed by atoms with van der Waals surface area (Å²) in [7, 11) is 1.62. The zero-order valence-electron chi connectivity index (χ0n) is 20.1. The van der Waals surface area contributed by atoms with Gasteiger partial charge >= 0.3 is 0 Å². The Morgan fingerprint density at radius 3 is 2.34 bits per heavy atom. The number of rotatable bonds is 10. The quantitative estimate of drug-likeness (QED) is 0.148. The minimum Gasteiger partial charge on any atom is -0.497 e. The Kier molecular flexibility index (Phi) is 7.95. The molecule has 1 heterocycles. The molecule has 1 aliphatic rings. The predicted octanol–water partition coefficient (Wildman–Crippen LogP) is 5.06. The van der Waals surface area contributed by atoms with Crippen LogP contribution in [0.4, 0.5) is 5.69 Å². The number of carbonyl (C=O) groups is 1. The van der Waals surface area contributed by atoms with Crippen LogP contribution in [0.25, 0.3) is 0 Å². The topological polar surface area (TPSA) is 77.1 Å². The molecule has 0 saturated carbocycles. The molecule has 6 heteroatoms. The molecule has 2 atom stereocenters. The highest BCUT2D eigenvalue weighted by Crippen LogP contribution is 2.43. The summed E-state index contributed by atoms with van der Waals surface area (Å²) in [6.45, 7) is 2.25. The van der Waals surface area contributed by atoms with Gasteiger partial charge in [0.05, 0.1) is 18.9 Å². The molecule has 3 aromatic rings. The van der Waals surface area contributed by atoms with Gasteiger partial charge in [-0.1, -0.05) is 65.8 Å². The molecule has 3 aromatic carbocycles. The lowest BCUT2D eigenvalue weighted by Gasteiger charge is -2.43. The van der Waals surface area contributed by atoms with Crippen LogP contribution in [-0.4, -0.2) is 31.4 Å². The Morgan fingerprint density at radius 2 is 1.69 bits per heavy atom. The number of β-lactam (4-membered cyclic amide) rings is 1. The van der Waals surface area contributed by atoms with E-state index in [1.165, 1.54) is 5.56 Å². The number of carbonyl (C=O) groups excluding carboxylic acids is 1. The van der Waals surface area contributed by atoms with Gasteiger partial charge in [-0.3, -0.25) is 9.69 Å². The van der Waals surface area contributed by atoms with E-state index in [2.05, 4.69) is 17.3 Å². The molecular formula is C29H31N3O3. The van der Waals surface area contributed by atoms with E-state index in [-0.39, 0.29) is 18.0 Å². The Balaban J connectivity index is 1.41. The van der Waals surface area contributed by atoms with Crippen LogP contribution < -0.4 is 15.4 Å². The summed E-state index contributed by atoms with van der Waals surface area (Å²) < 4.78 is 5.25. The van der Waals surface area contributed by atoms with Gasteiger partial charge in [0.25, 0.3) is 5.91 Å². The third-order valence-electron chi connectivity index (χ3n) is 5.98. The molecule has 4 rings (SSSR count). The number of anilines is 1. The van der Waals surface area contributed by atoms with Crippen molar-refractivity contribution < 1.29 is 14.4 Å². The van der Waals surface area contributed by atoms with Gasteiger partial charge in [0, 0.05) is 17.3 Å². The SMILES string of the molecule is COc1ccc(N2C(=O)/C(=C/C(C)=NOCCC(N)Cc3ccccc3)C2c2ccccc2)cc1. The van der Waals surface area contributed by atoms with Gasteiger partial charge in [-0.05, 0) is 61.2 Å². The van der Waals surface area contributed by atoms with Gasteiger partial charge < -0.3 is 15.3 Å². The maximum absolute atomic E-state index is 13.1. The second-order valence-electron chi connectivity index (χ2n) is 8.59. The van der Waals surface area contributed by atoms with E-state index in [9.17, 15) is 4.79 Å². The van der Waals surface area contributed by atoms with Crippen molar-refractivity contribution in [2.45, 2.75) is 31.8 Å². The van der Waals surface area contributed by atoms with Crippen molar-refractivity contribution in [3.8, 4) is 5.75 Å². The largest absolute Gasteiger partial charge is 0.497 e. The monoisotopic (exact) mass is 469 g/mol. The summed E-state index contributed by atoms with van der Waals surface area (Å²) in [4.78, 5) is 20.4. The molecule has 1 aliphatic heterocycles. The molecule has 180 valence electrons. The van der Waals surface area contributed by atoms with Crippen molar-refractivity contribution >= 4 is 17.3 Å². The van der Waals surface area contributed by atoms with E-state index in [1.807, 2.05) is 85.8 Å². The summed E-state index contributed by atoms with van der Waals surface area (Å²) in [6.07, 6.45) is 3.30. The average Bonchev–Trinajstić information content (AvgIpc) is 2.89. The Morgan fingerprint density at radius 1 is 1.03 bits per heavy atom. The number of ether oxygens (including phenoxy) is 1. The highest BCUT2D eigenvalue weighted by molar-refractivity contribution is 6.18. The number of amides is 1. The van der Waals surface area contributed by atoms with Crippen molar-refractivity contribution in [2.24, 2.45) is 10.9 Å². The second-order valence-corrected chi connectivity index (χ2v) is 8.59. The van der Waals surface area contributed by atoms with Crippen molar-refractivity contribution in [3.05, 3.63) is 108 Å². The first-order valence-electron chi connectivity index (χ1n) is 11.8. The second kappa shape index (κ2) is 11.5. The highest BCUT2D eigenvalue weighted by atomic mass is 16.6. The van der Waals surface area contributed by atoms with E-state index in [4.69, 9.17) is 15.3 Å². The standard InChI is InChI=1S/C29H31N3O3/c1-21(31-35-18-17-24(30)20-22-9-5-3-6-10-22)19-27-28(23-11-7-4-8-12-23)32(29(27)33)25-13-15-26(34-2)16-14-25/h3-16,19,24,28H,17-18,20,30H2,1-2H3/b27-19+,31-21?. The van der Waals surface area contributed by atoms with Gasteiger partial charge in [-0.2, -0.15) is 0 Å². The molecule has 1 amide bonds. The lowest BCUT2D eigenvalue weighted by Crippen LogP contribution is -2.49. The van der Waals surface area contributed by atoms with Crippen LogP contribution in [0, 0.1) is 0 Å². The summed E-state index contributed by atoms with van der Waals surface area (Å²) >= 11 is 0. The molecule has 0 bridgehead atoms. The van der Waals surface area contributed by atoms with Crippen LogP contribution in [0.1, 0.15) is 30.5 Å². The van der Waals surface area contributed by atoms with Crippen LogP contribution in [0.5, 0.6) is 5.75 Å². The smallest absolute Gasteiger partial charge is 0.257 e. The lowest BCUT2D eigenvalue weighted by atomic mass is 9.86. The molecule has 0 aliphatic carbocycles. The third kappa shape index (κ3) is 5.97. The maximum atomic E-state index is 13.1. The zero-order valence-corrected chi connectivity index (χ0v) is 20.1. The molecule has 1 fully saturated rings. The van der Waals surface area contributed by atoms with Crippen molar-refractivity contribution in [1.82, 2.24) is 0 Å². The minimum absolute atomic E-state index is 0.0000125. The Hall–Kier alpha value is -3.90. The number of nitrogens with zero attached hydrogens (tertiary/aromatic N) is 2. The van der Waals surface area contributed by atoms with Crippen LogP contribution in [0.15, 0.2) is 102 Å². The van der Waals surface area contributed by atoms with E-state index in [1.54, 1.807) is 12.0 Å². The van der Waals surface area contributed by atoms with Gasteiger partial charge in [0.1, 0.15) is 12.4 Å². The van der Waals surface area contributed by atoms with E-state index in [0.717, 1.165) is 23.4 Å². The number of benzene rings is 3. The molecular weight excluding hydrogens is 438 g/mol. The maximum Gasteiger partial charge on any atom is 0.257 e. The molecule has 0 radical (unpaired) electrons.